The number of rotatable bonds is 5. The molecule has 0 unspecified atom stereocenters. The summed E-state index contributed by atoms with van der Waals surface area (Å²) in [6, 6.07) is 42.3. The van der Waals surface area contributed by atoms with Crippen molar-refractivity contribution < 1.29 is 36.9 Å². The zero-order chi connectivity index (χ0) is 47.9. The Morgan fingerprint density at radius 1 is 0.661 bits per heavy atom. The van der Waals surface area contributed by atoms with Crippen LogP contribution in [-0.4, -0.2) is 14.4 Å². The van der Waals surface area contributed by atoms with E-state index < -0.39 is 20.6 Å². The number of aromatic nitrogens is 3. The van der Waals surface area contributed by atoms with Gasteiger partial charge in [0, 0.05) is 54.9 Å². The van der Waals surface area contributed by atoms with Crippen LogP contribution in [0.3, 0.4) is 0 Å². The van der Waals surface area contributed by atoms with Crippen LogP contribution in [0, 0.1) is 32.7 Å². The number of imidazole rings is 1. The predicted octanol–water partition coefficient (Wildman–Crippen LogP) is 15.0. The van der Waals surface area contributed by atoms with E-state index in [0.29, 0.717) is 23.3 Å². The molecule has 0 aliphatic rings. The summed E-state index contributed by atoms with van der Waals surface area (Å²) >= 11 is 0. The van der Waals surface area contributed by atoms with Crippen LogP contribution in [0.4, 0.5) is 0 Å². The fourth-order valence-corrected chi connectivity index (χ4v) is 8.13. The van der Waals surface area contributed by atoms with Gasteiger partial charge in [0.15, 0.2) is 0 Å². The van der Waals surface area contributed by atoms with Crippen molar-refractivity contribution in [1.82, 2.24) is 14.4 Å². The van der Waals surface area contributed by atoms with Crippen LogP contribution in [-0.2, 0) is 20.1 Å². The zero-order valence-electron chi connectivity index (χ0n) is 42.8. The van der Waals surface area contributed by atoms with Crippen LogP contribution in [0.2, 0.25) is 0 Å². The Bertz CT molecular complexity index is 3500. The molecule has 59 heavy (non-hydrogen) atoms. The minimum Gasteiger partial charge on any atom is -0.456 e. The number of hydrogen-bond donors (Lipinski definition) is 0. The van der Waals surface area contributed by atoms with E-state index in [-0.39, 0.29) is 42.5 Å². The first kappa shape index (κ1) is 30.4. The number of nitrogens with zero attached hydrogens (tertiary/aromatic N) is 3. The average molecular weight is 957 g/mol. The molecule has 297 valence electrons. The summed E-state index contributed by atoms with van der Waals surface area (Å²) < 4.78 is 75.9. The summed E-state index contributed by atoms with van der Waals surface area (Å²) in [4.78, 5) is 9.04. The molecule has 1 radical (unpaired) electrons. The van der Waals surface area contributed by atoms with Crippen molar-refractivity contribution in [2.75, 3.05) is 0 Å². The van der Waals surface area contributed by atoms with E-state index in [9.17, 15) is 0 Å². The van der Waals surface area contributed by atoms with Crippen LogP contribution in [0.25, 0.3) is 82.7 Å². The number of benzene rings is 6. The molecule has 5 heteroatoms. The quantitative estimate of drug-likeness (QED) is 0.128. The first-order valence-electron chi connectivity index (χ1n) is 24.3. The van der Waals surface area contributed by atoms with Crippen LogP contribution in [0.5, 0.6) is 0 Å². The van der Waals surface area contributed by atoms with Gasteiger partial charge in [-0.3, -0.25) is 4.98 Å². The van der Waals surface area contributed by atoms with Crippen molar-refractivity contribution in [3.8, 4) is 22.4 Å². The van der Waals surface area contributed by atoms with E-state index in [0.717, 1.165) is 66.5 Å². The molecule has 0 saturated carbocycles. The predicted molar refractivity (Wildman–Crippen MR) is 244 cm³/mol. The smallest absolute Gasteiger partial charge is 0.136 e. The van der Waals surface area contributed by atoms with E-state index in [4.69, 9.17) is 21.7 Å². The average Bonchev–Trinajstić information content (AvgIpc) is 3.85. The van der Waals surface area contributed by atoms with Crippen molar-refractivity contribution in [1.29, 1.82) is 0 Å². The Morgan fingerprint density at radius 2 is 1.44 bits per heavy atom. The maximum absolute atomic E-state index is 7.54. The van der Waals surface area contributed by atoms with Gasteiger partial charge in [0.1, 0.15) is 11.2 Å². The first-order chi connectivity index (χ1) is 31.6. The van der Waals surface area contributed by atoms with E-state index >= 15 is 0 Å². The van der Waals surface area contributed by atoms with Crippen LogP contribution >= 0.6 is 0 Å². The third kappa shape index (κ3) is 7.15. The minimum atomic E-state index is -2.61. The molecule has 0 N–H and O–H groups in total. The van der Waals surface area contributed by atoms with Gasteiger partial charge in [0.25, 0.3) is 0 Å². The molecule has 10 rings (SSSR count). The molecule has 0 fully saturated rings. The van der Waals surface area contributed by atoms with Gasteiger partial charge in [-0.1, -0.05) is 95.7 Å². The molecular formula is C54H49IrN3O-2. The molecule has 4 heterocycles. The van der Waals surface area contributed by atoms with Gasteiger partial charge in [-0.15, -0.1) is 65.0 Å². The Balaban J connectivity index is 0.000000214. The number of pyridine rings is 2. The molecule has 4 nitrogen and oxygen atoms in total. The van der Waals surface area contributed by atoms with Gasteiger partial charge in [0.05, 0.1) is 16.7 Å². The Labute approximate surface area is 373 Å². The summed E-state index contributed by atoms with van der Waals surface area (Å²) in [5.41, 5.74) is 12.8. The molecule has 0 amide bonds. The van der Waals surface area contributed by atoms with Gasteiger partial charge >= 0.3 is 0 Å². The van der Waals surface area contributed by atoms with Gasteiger partial charge in [-0.05, 0) is 112 Å². The Kier molecular flexibility index (Phi) is 8.18. The second kappa shape index (κ2) is 15.9. The summed E-state index contributed by atoms with van der Waals surface area (Å²) in [7, 11) is 0. The fourth-order valence-electron chi connectivity index (χ4n) is 8.13. The van der Waals surface area contributed by atoms with Crippen molar-refractivity contribution in [3.63, 3.8) is 0 Å². The molecule has 0 aliphatic carbocycles. The second-order valence-corrected chi connectivity index (χ2v) is 16.0. The molecule has 10 aromatic rings. The maximum Gasteiger partial charge on any atom is 0.136 e. The third-order valence-corrected chi connectivity index (χ3v) is 11.2. The monoisotopic (exact) mass is 957 g/mol. The molecule has 0 aliphatic heterocycles. The summed E-state index contributed by atoms with van der Waals surface area (Å²) in [5.74, 6) is 1.32. The van der Waals surface area contributed by atoms with E-state index in [1.165, 1.54) is 52.1 Å². The largest absolute Gasteiger partial charge is 0.456 e. The molecule has 0 spiro atoms. The molecule has 4 aromatic heterocycles. The normalized spacial score (nSPS) is 14.7. The van der Waals surface area contributed by atoms with Crippen molar-refractivity contribution in [3.05, 3.63) is 161 Å². The third-order valence-electron chi connectivity index (χ3n) is 11.2. The van der Waals surface area contributed by atoms with Crippen molar-refractivity contribution in [2.45, 2.75) is 79.9 Å². The van der Waals surface area contributed by atoms with Gasteiger partial charge < -0.3 is 13.8 Å². The summed E-state index contributed by atoms with van der Waals surface area (Å²) in [6.07, 6.45) is 1.02. The number of fused-ring (bicyclic) bond motifs is 11. The summed E-state index contributed by atoms with van der Waals surface area (Å²) in [6.45, 7) is 6.33. The number of hydrogen-bond acceptors (Lipinski definition) is 3. The molecule has 0 atom stereocenters. The number of para-hydroxylation sites is 2. The van der Waals surface area contributed by atoms with Crippen molar-refractivity contribution >= 4 is 60.3 Å². The van der Waals surface area contributed by atoms with Gasteiger partial charge in [0.2, 0.25) is 0 Å². The number of aryl methyl sites for hydroxylation is 3. The summed E-state index contributed by atoms with van der Waals surface area (Å²) in [5, 5.41) is 5.56. The van der Waals surface area contributed by atoms with E-state index in [1.54, 1.807) is 0 Å². The zero-order valence-corrected chi connectivity index (χ0v) is 36.2. The van der Waals surface area contributed by atoms with Crippen LogP contribution < -0.4 is 0 Å². The SMILES string of the molecule is CC(C)c1cc(C(C)C)c(-c2ccc3c(c2)oc2cc4c5ccc[c-]c5c5nc6ccccc6n5c4cc23)c(C(C)C)c1.[2H]C([2H])([2H])c1c[c-]c(-c2cc(C([2H])([2H])[2H])c(C([2H])([2H])[2H])cn2)cc1.[Ir]. The maximum atomic E-state index is 7.54. The standard InChI is InChI=1S/C40H35N2O.C14H14N.Ir/c1-22(2)26-17-30(23(3)4)39(31(18-26)24(5)6)25-15-16-28-33-20-36-32(21-38(33)43-37(28)19-25)27-11-7-8-12-29(27)40-41-34-13-9-10-14-35(34)42(36)40;1-10-4-6-13(7-5-10)14-8-11(2)12(3)9-15-14;/h7-11,13-24H,1-6H3;4-6,8-9H,1-3H3;/q2*-1;/i;1D3,2D3,3D3;. The first-order valence-corrected chi connectivity index (χ1v) is 19.8. The molecule has 0 saturated heterocycles. The molecular weight excluding hydrogens is 899 g/mol. The van der Waals surface area contributed by atoms with Gasteiger partial charge in [-0.25, -0.2) is 0 Å². The van der Waals surface area contributed by atoms with Crippen molar-refractivity contribution in [2.24, 2.45) is 0 Å². The Morgan fingerprint density at radius 3 is 2.15 bits per heavy atom. The molecule has 0 bridgehead atoms. The van der Waals surface area contributed by atoms with Crippen LogP contribution in [0.1, 0.15) is 105 Å². The molecule has 6 aromatic carbocycles. The topological polar surface area (TPSA) is 43.3 Å². The van der Waals surface area contributed by atoms with Gasteiger partial charge in [-0.2, -0.15) is 0 Å². The van der Waals surface area contributed by atoms with Crippen LogP contribution in [0.15, 0.2) is 120 Å². The minimum absolute atomic E-state index is 0. The number of furan rings is 1. The fraction of sp³-hybridized carbons (Fsp3) is 0.222. The van der Waals surface area contributed by atoms with E-state index in [2.05, 4.69) is 136 Å². The second-order valence-electron chi connectivity index (χ2n) is 16.0. The van der Waals surface area contributed by atoms with E-state index in [1.807, 2.05) is 12.1 Å². The Hall–Kier alpha value is -5.61.